The fraction of sp³-hybridized carbons (Fsp3) is 0.356. The molecule has 5 aliphatic rings. The zero-order valence-electron chi connectivity index (χ0n) is 40.4. The van der Waals surface area contributed by atoms with Crippen molar-refractivity contribution in [3.8, 4) is 22.6 Å². The number of carbonyl (C=O) groups excluding carboxylic acids is 2. The van der Waals surface area contributed by atoms with E-state index in [1.54, 1.807) is 50.7 Å². The number of fused-ring (bicyclic) bond motifs is 3. The highest BCUT2D eigenvalue weighted by molar-refractivity contribution is 5.86. The monoisotopic (exact) mass is 875 g/mol. The van der Waals surface area contributed by atoms with Crippen LogP contribution in [0.2, 0.25) is 0 Å². The number of benzene rings is 6. The fourth-order valence-electron chi connectivity index (χ4n) is 10.1. The van der Waals surface area contributed by atoms with E-state index in [2.05, 4.69) is 127 Å². The van der Waals surface area contributed by atoms with Crippen molar-refractivity contribution < 1.29 is 28.5 Å². The van der Waals surface area contributed by atoms with Gasteiger partial charge < -0.3 is 18.9 Å². The number of hydrogen-bond acceptors (Lipinski definition) is 6. The van der Waals surface area contributed by atoms with E-state index in [1.165, 1.54) is 82.4 Å². The summed E-state index contributed by atoms with van der Waals surface area (Å²) in [4.78, 5) is 22.1. The summed E-state index contributed by atoms with van der Waals surface area (Å²) >= 11 is 0. The van der Waals surface area contributed by atoms with Gasteiger partial charge in [0.05, 0.1) is 19.6 Å². The van der Waals surface area contributed by atoms with Gasteiger partial charge in [-0.15, -0.1) is 0 Å². The molecule has 0 spiro atoms. The molecule has 0 aromatic heterocycles. The predicted molar refractivity (Wildman–Crippen MR) is 266 cm³/mol. The lowest BCUT2D eigenvalue weighted by molar-refractivity contribution is 0.0198. The maximum absolute atomic E-state index is 11.5. The first-order chi connectivity index (χ1) is 31.5. The van der Waals surface area contributed by atoms with Crippen molar-refractivity contribution in [3.05, 3.63) is 190 Å². The van der Waals surface area contributed by atoms with Gasteiger partial charge in [-0.2, -0.15) is 0 Å². The molecule has 6 aromatic carbocycles. The summed E-state index contributed by atoms with van der Waals surface area (Å²) in [5, 5.41) is 0. The Kier molecular flexibility index (Phi) is 18.6. The first kappa shape index (κ1) is 49.9. The average molecular weight is 875 g/mol. The molecule has 342 valence electrons. The Morgan fingerprint density at radius 2 is 0.662 bits per heavy atom. The van der Waals surface area contributed by atoms with Crippen LogP contribution in [0, 0.1) is 51.4 Å². The van der Waals surface area contributed by atoms with Gasteiger partial charge >= 0.3 is 12.3 Å². The molecular weight excluding hydrogens is 805 g/mol. The van der Waals surface area contributed by atoms with Crippen LogP contribution in [-0.2, 0) is 14.9 Å². The second-order valence-electron chi connectivity index (χ2n) is 17.2. The van der Waals surface area contributed by atoms with Crippen LogP contribution in [0.1, 0.15) is 111 Å². The minimum atomic E-state index is -0.724. The van der Waals surface area contributed by atoms with Crippen LogP contribution in [0.5, 0.6) is 11.5 Å². The molecule has 0 heterocycles. The molecule has 0 radical (unpaired) electrons. The second kappa shape index (κ2) is 24.2. The van der Waals surface area contributed by atoms with Crippen LogP contribution in [-0.4, -0.2) is 26.5 Å². The van der Waals surface area contributed by atoms with E-state index in [4.69, 9.17) is 9.47 Å². The van der Waals surface area contributed by atoms with E-state index in [9.17, 15) is 9.59 Å². The van der Waals surface area contributed by atoms with E-state index in [-0.39, 0.29) is 0 Å². The Bertz CT molecular complexity index is 2260. The fourth-order valence-corrected chi connectivity index (χ4v) is 10.1. The van der Waals surface area contributed by atoms with Gasteiger partial charge in [-0.1, -0.05) is 171 Å². The Balaban J connectivity index is 0.000000189. The largest absolute Gasteiger partial charge is 0.513 e. The molecule has 5 aliphatic carbocycles. The quantitative estimate of drug-likeness (QED) is 0.130. The van der Waals surface area contributed by atoms with Gasteiger partial charge in [0, 0.05) is 0 Å². The summed E-state index contributed by atoms with van der Waals surface area (Å²) in [6.45, 7) is 16.3. The minimum absolute atomic E-state index is 0.453. The molecule has 0 N–H and O–H groups in total. The Morgan fingerprint density at radius 3 is 0.985 bits per heavy atom. The van der Waals surface area contributed by atoms with Crippen molar-refractivity contribution in [3.63, 3.8) is 0 Å². The zero-order valence-corrected chi connectivity index (χ0v) is 40.4. The van der Waals surface area contributed by atoms with Crippen molar-refractivity contribution in [1.82, 2.24) is 0 Å². The number of rotatable bonds is 4. The molecule has 65 heavy (non-hydrogen) atoms. The first-order valence-electron chi connectivity index (χ1n) is 23.5. The van der Waals surface area contributed by atoms with Crippen molar-refractivity contribution in [2.75, 3.05) is 14.2 Å². The molecule has 6 nitrogen and oxygen atoms in total. The van der Waals surface area contributed by atoms with E-state index in [1.807, 2.05) is 71.0 Å². The zero-order chi connectivity index (χ0) is 46.9. The van der Waals surface area contributed by atoms with Gasteiger partial charge in [-0.3, -0.25) is 0 Å². The molecule has 0 aliphatic heterocycles. The molecule has 0 atom stereocenters. The highest BCUT2D eigenvalue weighted by Crippen LogP contribution is 2.56. The molecule has 0 saturated heterocycles. The summed E-state index contributed by atoms with van der Waals surface area (Å²) in [5.41, 5.74) is 11.9. The molecule has 11 rings (SSSR count). The lowest BCUT2D eigenvalue weighted by atomic mass is 9.56. The Labute approximate surface area is 389 Å². The smallest absolute Gasteiger partial charge is 0.437 e. The van der Waals surface area contributed by atoms with Crippen LogP contribution in [0.25, 0.3) is 11.1 Å². The van der Waals surface area contributed by atoms with Gasteiger partial charge in [0.1, 0.15) is 11.5 Å². The molecular formula is C59H70O6. The third kappa shape index (κ3) is 12.6. The van der Waals surface area contributed by atoms with Crippen molar-refractivity contribution in [2.24, 2.45) is 23.7 Å². The van der Waals surface area contributed by atoms with Gasteiger partial charge in [0.25, 0.3) is 0 Å². The maximum Gasteiger partial charge on any atom is 0.513 e. The lowest BCUT2D eigenvalue weighted by Crippen LogP contribution is -2.38. The summed E-state index contributed by atoms with van der Waals surface area (Å²) in [5.74, 6) is 5.65. The van der Waals surface area contributed by atoms with E-state index in [0.29, 0.717) is 11.5 Å². The van der Waals surface area contributed by atoms with Crippen LogP contribution in [0.3, 0.4) is 0 Å². The van der Waals surface area contributed by atoms with Gasteiger partial charge in [0.2, 0.25) is 0 Å². The maximum atomic E-state index is 11.5. The average Bonchev–Trinajstić information content (AvgIpc) is 3.63. The summed E-state index contributed by atoms with van der Waals surface area (Å²) in [7, 11) is 2.58. The van der Waals surface area contributed by atoms with Crippen molar-refractivity contribution in [1.29, 1.82) is 0 Å². The second-order valence-corrected chi connectivity index (χ2v) is 17.2. The summed E-state index contributed by atoms with van der Waals surface area (Å²) in [6, 6.07) is 49.3. The normalized spacial score (nSPS) is 18.2. The Hall–Kier alpha value is -6.14. The number of hydrogen-bond donors (Lipinski definition) is 0. The predicted octanol–water partition coefficient (Wildman–Crippen LogP) is 15.8. The number of carbonyl (C=O) groups is 2. The van der Waals surface area contributed by atoms with Crippen molar-refractivity contribution >= 4 is 12.3 Å². The van der Waals surface area contributed by atoms with Crippen LogP contribution in [0.4, 0.5) is 9.59 Å². The summed E-state index contributed by atoms with van der Waals surface area (Å²) in [6.07, 6.45) is 8.21. The number of ether oxygens (including phenoxy) is 4. The van der Waals surface area contributed by atoms with Crippen LogP contribution >= 0.6 is 0 Å². The molecule has 4 bridgehead atoms. The first-order valence-corrected chi connectivity index (χ1v) is 23.5. The van der Waals surface area contributed by atoms with Gasteiger partial charge in [-0.25, -0.2) is 9.59 Å². The molecule has 0 unspecified atom stereocenters. The number of methoxy groups -OCH3 is 2. The van der Waals surface area contributed by atoms with E-state index in [0.717, 1.165) is 11.1 Å². The van der Waals surface area contributed by atoms with Crippen LogP contribution < -0.4 is 9.47 Å². The molecule has 6 aromatic rings. The highest BCUT2D eigenvalue weighted by atomic mass is 16.7. The topological polar surface area (TPSA) is 71.1 Å². The number of aryl methyl sites for hydroxylation is 4. The van der Waals surface area contributed by atoms with Crippen LogP contribution in [0.15, 0.2) is 146 Å². The SMILES string of the molecule is C1C2CC3CC1CC(C2)C3.CC.CC.COC(=O)Oc1ccc(C)cc1.COC(=O)Oc1ccc(C2(c3ccc(C)cc3)c3ccccc3-c3ccccc32)cc1.Cc1ccc(C)cc1. The minimum Gasteiger partial charge on any atom is -0.437 e. The molecule has 4 saturated carbocycles. The standard InChI is InChI=1S/C28H22O3.C10H16.C9H10O3.C8H10.2C2H6/c1-19-11-13-20(14-12-19)28(21-15-17-22(18-16-21)31-27(29)30-2)25-9-5-3-7-23(25)24-8-4-6-10-26(24)28;1-7-2-9-4-8(1)5-10(3-7)6-9;1-7-3-5-8(6-4-7)12-9(10)11-2;1-7-3-5-8(2)6-4-7;2*1-2/h3-18H,1-2H3;7-10H,1-6H2;3-6H,1-2H3;3-6H,1-2H3;2*1-2H3. The third-order valence-corrected chi connectivity index (χ3v) is 12.7. The van der Waals surface area contributed by atoms with E-state index < -0.39 is 17.7 Å². The van der Waals surface area contributed by atoms with E-state index >= 15 is 0 Å². The molecule has 0 amide bonds. The van der Waals surface area contributed by atoms with Crippen molar-refractivity contribution in [2.45, 2.75) is 99.3 Å². The third-order valence-electron chi connectivity index (χ3n) is 12.7. The van der Waals surface area contributed by atoms with Gasteiger partial charge in [-0.05, 0) is 148 Å². The Morgan fingerprint density at radius 1 is 0.400 bits per heavy atom. The lowest BCUT2D eigenvalue weighted by Gasteiger charge is -2.49. The molecule has 4 fully saturated rings. The summed E-state index contributed by atoms with van der Waals surface area (Å²) < 4.78 is 18.9. The highest BCUT2D eigenvalue weighted by Gasteiger charge is 2.46. The van der Waals surface area contributed by atoms with Gasteiger partial charge in [0.15, 0.2) is 0 Å². The molecule has 6 heteroatoms.